The van der Waals surface area contributed by atoms with Gasteiger partial charge >= 0.3 is 5.69 Å². The summed E-state index contributed by atoms with van der Waals surface area (Å²) in [4.78, 5) is 25.5. The van der Waals surface area contributed by atoms with Crippen LogP contribution < -0.4 is 22.4 Å². The van der Waals surface area contributed by atoms with Crippen LogP contribution in [0.5, 0.6) is 0 Å². The first kappa shape index (κ1) is 13.3. The van der Waals surface area contributed by atoms with Gasteiger partial charge in [0.15, 0.2) is 5.69 Å². The second kappa shape index (κ2) is 5.05. The third kappa shape index (κ3) is 3.10. The molecule has 1 aromatic rings. The Hall–Kier alpha value is -1.76. The van der Waals surface area contributed by atoms with E-state index in [1.165, 1.54) is 4.57 Å². The molecule has 7 nitrogen and oxygen atoms in total. The smallest absolute Gasteiger partial charge is 0.330 e. The fraction of sp³-hybridized carbons (Fsp3) is 0.600. The van der Waals surface area contributed by atoms with Crippen molar-refractivity contribution in [3.05, 3.63) is 20.8 Å². The third-order valence-electron chi connectivity index (χ3n) is 2.12. The van der Waals surface area contributed by atoms with Crippen molar-refractivity contribution in [2.75, 3.05) is 25.3 Å². The number of nitrogens with two attached hydrogens (primary N) is 1. The second-order valence-corrected chi connectivity index (χ2v) is 4.53. The molecule has 0 aliphatic heterocycles. The summed E-state index contributed by atoms with van der Waals surface area (Å²) >= 11 is 0. The van der Waals surface area contributed by atoms with E-state index >= 15 is 0 Å². The number of hydrogen-bond acceptors (Lipinski definition) is 5. The van der Waals surface area contributed by atoms with Gasteiger partial charge in [-0.25, -0.2) is 9.80 Å². The highest BCUT2D eigenvalue weighted by atomic mass is 16.2. The maximum absolute atomic E-state index is 11.6. The summed E-state index contributed by atoms with van der Waals surface area (Å²) in [5.41, 5.74) is 7.82. The molecule has 0 fully saturated rings. The number of anilines is 2. The molecule has 0 aromatic carbocycles. The standard InChI is InChI=1S/C10H19N5O2/c1-6(2)5-15-8(11)7(13-14(3)4)9(16)12-10(15)17/h6,13H,5,11H2,1-4H3,(H,12,16,17). The normalized spacial score (nSPS) is 11.2. The fourth-order valence-corrected chi connectivity index (χ4v) is 1.47. The molecule has 0 radical (unpaired) electrons. The molecule has 17 heavy (non-hydrogen) atoms. The lowest BCUT2D eigenvalue weighted by atomic mass is 10.2. The van der Waals surface area contributed by atoms with Gasteiger partial charge in [0.2, 0.25) is 0 Å². The van der Waals surface area contributed by atoms with Crippen molar-refractivity contribution in [2.45, 2.75) is 20.4 Å². The number of nitrogen functional groups attached to an aromatic ring is 1. The predicted octanol–water partition coefficient (Wildman–Crippen LogP) is -0.337. The molecule has 0 amide bonds. The van der Waals surface area contributed by atoms with Gasteiger partial charge < -0.3 is 11.2 Å². The van der Waals surface area contributed by atoms with E-state index in [0.717, 1.165) is 0 Å². The summed E-state index contributed by atoms with van der Waals surface area (Å²) in [6.07, 6.45) is 0. The van der Waals surface area contributed by atoms with E-state index in [0.29, 0.717) is 6.54 Å². The van der Waals surface area contributed by atoms with Crippen LogP contribution >= 0.6 is 0 Å². The lowest BCUT2D eigenvalue weighted by molar-refractivity contribution is 0.485. The monoisotopic (exact) mass is 241 g/mol. The van der Waals surface area contributed by atoms with Gasteiger partial charge in [-0.3, -0.25) is 14.3 Å². The first-order valence-corrected chi connectivity index (χ1v) is 5.39. The van der Waals surface area contributed by atoms with Crippen LogP contribution in [0.4, 0.5) is 11.5 Å². The van der Waals surface area contributed by atoms with Crippen molar-refractivity contribution in [3.63, 3.8) is 0 Å². The van der Waals surface area contributed by atoms with Gasteiger partial charge in [-0.15, -0.1) is 0 Å². The number of nitrogens with zero attached hydrogens (tertiary/aromatic N) is 2. The van der Waals surface area contributed by atoms with E-state index < -0.39 is 11.2 Å². The van der Waals surface area contributed by atoms with Crippen LogP contribution in [0, 0.1) is 5.92 Å². The van der Waals surface area contributed by atoms with Crippen LogP contribution in [0.25, 0.3) is 0 Å². The minimum absolute atomic E-state index is 0.154. The largest absolute Gasteiger partial charge is 0.383 e. The highest BCUT2D eigenvalue weighted by molar-refractivity contribution is 5.59. The van der Waals surface area contributed by atoms with Crippen molar-refractivity contribution in [1.82, 2.24) is 14.6 Å². The molecular formula is C10H19N5O2. The summed E-state index contributed by atoms with van der Waals surface area (Å²) in [6, 6.07) is 0. The molecule has 0 spiro atoms. The van der Waals surface area contributed by atoms with Crippen LogP contribution in [0.3, 0.4) is 0 Å². The average molecular weight is 241 g/mol. The molecule has 0 atom stereocenters. The molecule has 0 bridgehead atoms. The Morgan fingerprint density at radius 1 is 1.41 bits per heavy atom. The maximum Gasteiger partial charge on any atom is 0.330 e. The number of hydrogen-bond donors (Lipinski definition) is 3. The number of nitrogens with one attached hydrogen (secondary N) is 2. The van der Waals surface area contributed by atoms with Gasteiger partial charge in [0, 0.05) is 20.6 Å². The Bertz CT molecular complexity index is 458. The summed E-state index contributed by atoms with van der Waals surface area (Å²) < 4.78 is 1.36. The molecule has 4 N–H and O–H groups in total. The first-order chi connectivity index (χ1) is 7.82. The molecular weight excluding hydrogens is 222 g/mol. The van der Waals surface area contributed by atoms with Crippen LogP contribution in [0.1, 0.15) is 13.8 Å². The quantitative estimate of drug-likeness (QED) is 0.627. The second-order valence-electron chi connectivity index (χ2n) is 4.53. The Morgan fingerprint density at radius 2 is 2.00 bits per heavy atom. The lowest BCUT2D eigenvalue weighted by Crippen LogP contribution is -2.37. The highest BCUT2D eigenvalue weighted by Gasteiger charge is 2.13. The molecule has 0 aliphatic carbocycles. The van der Waals surface area contributed by atoms with E-state index in [1.54, 1.807) is 19.1 Å². The molecule has 96 valence electrons. The zero-order valence-electron chi connectivity index (χ0n) is 10.6. The van der Waals surface area contributed by atoms with E-state index in [4.69, 9.17) is 5.73 Å². The summed E-state index contributed by atoms with van der Waals surface area (Å²) in [5.74, 6) is 0.411. The van der Waals surface area contributed by atoms with E-state index in [1.807, 2.05) is 13.8 Å². The Labute approximate surface area is 99.2 Å². The van der Waals surface area contributed by atoms with Gasteiger partial charge in [-0.2, -0.15) is 0 Å². The Morgan fingerprint density at radius 3 is 2.47 bits per heavy atom. The van der Waals surface area contributed by atoms with Gasteiger partial charge in [0.25, 0.3) is 5.56 Å². The summed E-state index contributed by atoms with van der Waals surface area (Å²) in [6.45, 7) is 4.40. The number of H-pyrrole nitrogens is 1. The number of hydrazine groups is 1. The van der Waals surface area contributed by atoms with Crippen molar-refractivity contribution in [2.24, 2.45) is 5.92 Å². The van der Waals surface area contributed by atoms with Gasteiger partial charge in [0.05, 0.1) is 0 Å². The SMILES string of the molecule is CC(C)Cn1c(N)c(NN(C)C)c(=O)[nH]c1=O. The molecule has 0 saturated carbocycles. The van der Waals surface area contributed by atoms with Crippen molar-refractivity contribution < 1.29 is 0 Å². The van der Waals surface area contributed by atoms with Crippen LogP contribution in [0.2, 0.25) is 0 Å². The minimum atomic E-state index is -0.513. The molecule has 1 rings (SSSR count). The van der Waals surface area contributed by atoms with Crippen molar-refractivity contribution >= 4 is 11.5 Å². The van der Waals surface area contributed by atoms with Crippen LogP contribution in [-0.4, -0.2) is 28.7 Å². The Balaban J connectivity index is 3.32. The van der Waals surface area contributed by atoms with Crippen LogP contribution in [-0.2, 0) is 6.54 Å². The molecule has 0 saturated heterocycles. The number of aromatic amines is 1. The summed E-state index contributed by atoms with van der Waals surface area (Å²) in [5, 5.41) is 1.59. The lowest BCUT2D eigenvalue weighted by Gasteiger charge is -2.18. The van der Waals surface area contributed by atoms with Crippen molar-refractivity contribution in [1.29, 1.82) is 0 Å². The highest BCUT2D eigenvalue weighted by Crippen LogP contribution is 2.11. The van der Waals surface area contributed by atoms with E-state index in [9.17, 15) is 9.59 Å². The first-order valence-electron chi connectivity index (χ1n) is 5.39. The molecule has 1 heterocycles. The zero-order valence-corrected chi connectivity index (χ0v) is 10.6. The topological polar surface area (TPSA) is 96.2 Å². The molecule has 7 heteroatoms. The molecule has 0 unspecified atom stereocenters. The van der Waals surface area contributed by atoms with E-state index in [-0.39, 0.29) is 17.4 Å². The number of aromatic nitrogens is 2. The number of rotatable bonds is 4. The molecule has 0 aliphatic rings. The zero-order chi connectivity index (χ0) is 13.2. The van der Waals surface area contributed by atoms with Gasteiger partial charge in [0.1, 0.15) is 5.82 Å². The average Bonchev–Trinajstić information content (AvgIpc) is 2.18. The van der Waals surface area contributed by atoms with Crippen LogP contribution in [0.15, 0.2) is 9.59 Å². The molecule has 1 aromatic heterocycles. The van der Waals surface area contributed by atoms with Crippen molar-refractivity contribution in [3.8, 4) is 0 Å². The summed E-state index contributed by atoms with van der Waals surface area (Å²) in [7, 11) is 3.47. The van der Waals surface area contributed by atoms with Gasteiger partial charge in [-0.05, 0) is 5.92 Å². The minimum Gasteiger partial charge on any atom is -0.383 e. The Kier molecular flexibility index (Phi) is 3.95. The van der Waals surface area contributed by atoms with E-state index in [2.05, 4.69) is 10.4 Å². The fourth-order valence-electron chi connectivity index (χ4n) is 1.47. The third-order valence-corrected chi connectivity index (χ3v) is 2.12. The predicted molar refractivity (Wildman–Crippen MR) is 67.9 cm³/mol. The van der Waals surface area contributed by atoms with Gasteiger partial charge in [-0.1, -0.05) is 13.8 Å². The maximum atomic E-state index is 11.6.